The highest BCUT2D eigenvalue weighted by Crippen LogP contribution is 2.29. The summed E-state index contributed by atoms with van der Waals surface area (Å²) in [5.74, 6) is 0.176. The molecule has 0 bridgehead atoms. The van der Waals surface area contributed by atoms with Crippen LogP contribution in [0.2, 0.25) is 5.02 Å². The summed E-state index contributed by atoms with van der Waals surface area (Å²) < 4.78 is 15.3. The molecular formula is C13H15BrClFN4. The maximum atomic E-state index is 13.2. The third-order valence-electron chi connectivity index (χ3n) is 2.61. The minimum atomic E-state index is -0.399. The number of aromatic nitrogens is 3. The normalized spacial score (nSPS) is 11.3. The molecule has 0 unspecified atom stereocenters. The third kappa shape index (κ3) is 3.77. The Hall–Kier alpha value is -0.980. The fourth-order valence-corrected chi connectivity index (χ4v) is 2.75. The number of nitrogens with zero attached hydrogens (tertiary/aromatic N) is 3. The van der Waals surface area contributed by atoms with Gasteiger partial charge in [0, 0.05) is 11.0 Å². The first kappa shape index (κ1) is 15.4. The predicted octanol–water partition coefficient (Wildman–Crippen LogP) is 3.57. The molecule has 1 aromatic carbocycles. The second-order valence-electron chi connectivity index (χ2n) is 4.90. The van der Waals surface area contributed by atoms with Gasteiger partial charge in [0.05, 0.1) is 22.6 Å². The van der Waals surface area contributed by atoms with Crippen molar-refractivity contribution in [2.24, 2.45) is 5.92 Å². The highest BCUT2D eigenvalue weighted by atomic mass is 79.9. The van der Waals surface area contributed by atoms with Gasteiger partial charge in [-0.3, -0.25) is 0 Å². The number of rotatable bonds is 5. The van der Waals surface area contributed by atoms with Crippen LogP contribution in [0.1, 0.15) is 19.5 Å². The van der Waals surface area contributed by atoms with Gasteiger partial charge < -0.3 is 5.32 Å². The molecule has 1 heterocycles. The van der Waals surface area contributed by atoms with Gasteiger partial charge in [-0.15, -0.1) is 5.10 Å². The minimum absolute atomic E-state index is 0.281. The van der Waals surface area contributed by atoms with Gasteiger partial charge in [0.2, 0.25) is 0 Å². The van der Waals surface area contributed by atoms with Crippen molar-refractivity contribution in [2.45, 2.75) is 20.4 Å². The Morgan fingerprint density at radius 3 is 2.85 bits per heavy atom. The fourth-order valence-electron chi connectivity index (χ4n) is 1.73. The maximum Gasteiger partial charge on any atom is 0.125 e. The second kappa shape index (κ2) is 6.65. The highest BCUT2D eigenvalue weighted by Gasteiger charge is 2.12. The van der Waals surface area contributed by atoms with Crippen molar-refractivity contribution in [3.8, 4) is 5.69 Å². The molecule has 0 aliphatic heterocycles. The summed E-state index contributed by atoms with van der Waals surface area (Å²) in [6.45, 7) is 5.82. The molecule has 0 fully saturated rings. The van der Waals surface area contributed by atoms with E-state index in [4.69, 9.17) is 11.6 Å². The zero-order valence-electron chi connectivity index (χ0n) is 11.2. The fraction of sp³-hybridized carbons (Fsp3) is 0.385. The molecule has 0 radical (unpaired) electrons. The largest absolute Gasteiger partial charge is 0.311 e. The van der Waals surface area contributed by atoms with Crippen LogP contribution in [0.4, 0.5) is 4.39 Å². The van der Waals surface area contributed by atoms with Crippen LogP contribution in [0.3, 0.4) is 0 Å². The Bertz CT molecular complexity index is 577. The molecule has 1 aromatic heterocycles. The zero-order valence-corrected chi connectivity index (χ0v) is 13.5. The van der Waals surface area contributed by atoms with Gasteiger partial charge in [0.15, 0.2) is 0 Å². The first-order valence-corrected chi connectivity index (χ1v) is 7.41. The molecule has 2 aromatic rings. The van der Waals surface area contributed by atoms with Crippen LogP contribution in [0.15, 0.2) is 22.8 Å². The molecule has 0 aliphatic carbocycles. The lowest BCUT2D eigenvalue weighted by Crippen LogP contribution is -2.19. The molecule has 4 nitrogen and oxygen atoms in total. The molecule has 1 N–H and O–H groups in total. The quantitative estimate of drug-likeness (QED) is 0.885. The molecule has 2 rings (SSSR count). The molecule has 0 amide bonds. The van der Waals surface area contributed by atoms with Crippen LogP contribution in [0, 0.1) is 11.7 Å². The average Bonchev–Trinajstić information content (AvgIpc) is 2.75. The van der Waals surface area contributed by atoms with E-state index in [0.29, 0.717) is 22.6 Å². The summed E-state index contributed by atoms with van der Waals surface area (Å²) in [5.41, 5.74) is 1.38. The molecule has 0 atom stereocenters. The van der Waals surface area contributed by atoms with Gasteiger partial charge in [-0.05, 0) is 40.5 Å². The maximum absolute atomic E-state index is 13.2. The van der Waals surface area contributed by atoms with Crippen LogP contribution >= 0.6 is 27.5 Å². The molecule has 7 heteroatoms. The van der Waals surface area contributed by atoms with Crippen molar-refractivity contribution in [3.05, 3.63) is 39.3 Å². The molecule has 108 valence electrons. The van der Waals surface area contributed by atoms with Crippen molar-refractivity contribution in [2.75, 3.05) is 6.54 Å². The Balaban J connectivity index is 2.17. The molecular weight excluding hydrogens is 347 g/mol. The van der Waals surface area contributed by atoms with Crippen LogP contribution in [-0.2, 0) is 6.54 Å². The number of benzene rings is 1. The summed E-state index contributed by atoms with van der Waals surface area (Å²) in [5, 5.41) is 11.7. The van der Waals surface area contributed by atoms with E-state index < -0.39 is 5.82 Å². The summed E-state index contributed by atoms with van der Waals surface area (Å²) in [6.07, 6.45) is 1.78. The monoisotopic (exact) mass is 360 g/mol. The topological polar surface area (TPSA) is 42.7 Å². The van der Waals surface area contributed by atoms with E-state index in [1.807, 2.05) is 0 Å². The summed E-state index contributed by atoms with van der Waals surface area (Å²) in [6, 6.07) is 2.60. The standard InChI is InChI=1S/C13H15BrClFN4/c1-8(2)5-17-6-10-7-20(19-18-10)13-11(14)3-9(16)4-12(13)15/h3-4,7-8,17H,5-6H2,1-2H3. The van der Waals surface area contributed by atoms with Gasteiger partial charge in [-0.1, -0.05) is 30.7 Å². The Kier molecular flexibility index (Phi) is 5.12. The number of hydrogen-bond donors (Lipinski definition) is 1. The summed E-state index contributed by atoms with van der Waals surface area (Å²) >= 11 is 9.34. The van der Waals surface area contributed by atoms with E-state index in [2.05, 4.69) is 45.4 Å². The van der Waals surface area contributed by atoms with E-state index >= 15 is 0 Å². The lowest BCUT2D eigenvalue weighted by molar-refractivity contribution is 0.548. The number of halogens is 3. The van der Waals surface area contributed by atoms with Crippen LogP contribution in [0.5, 0.6) is 0 Å². The van der Waals surface area contributed by atoms with Gasteiger partial charge in [0.25, 0.3) is 0 Å². The Morgan fingerprint density at radius 1 is 1.45 bits per heavy atom. The van der Waals surface area contributed by atoms with Gasteiger partial charge >= 0.3 is 0 Å². The summed E-state index contributed by atoms with van der Waals surface area (Å²) in [7, 11) is 0. The average molecular weight is 362 g/mol. The first-order valence-electron chi connectivity index (χ1n) is 6.24. The van der Waals surface area contributed by atoms with E-state index in [-0.39, 0.29) is 5.02 Å². The van der Waals surface area contributed by atoms with Gasteiger partial charge in [-0.25, -0.2) is 9.07 Å². The smallest absolute Gasteiger partial charge is 0.125 e. The van der Waals surface area contributed by atoms with Crippen molar-refractivity contribution in [1.29, 1.82) is 0 Å². The van der Waals surface area contributed by atoms with E-state index in [0.717, 1.165) is 12.2 Å². The van der Waals surface area contributed by atoms with Crippen LogP contribution < -0.4 is 5.32 Å². The van der Waals surface area contributed by atoms with Crippen molar-refractivity contribution >= 4 is 27.5 Å². The lowest BCUT2D eigenvalue weighted by Gasteiger charge is -2.06. The van der Waals surface area contributed by atoms with Gasteiger partial charge in [-0.2, -0.15) is 0 Å². The Morgan fingerprint density at radius 2 is 2.20 bits per heavy atom. The number of nitrogens with one attached hydrogen (secondary N) is 1. The SMILES string of the molecule is CC(C)CNCc1cn(-c2c(Cl)cc(F)cc2Br)nn1. The molecule has 0 saturated carbocycles. The minimum Gasteiger partial charge on any atom is -0.311 e. The van der Waals surface area contributed by atoms with Crippen molar-refractivity contribution in [1.82, 2.24) is 20.3 Å². The molecule has 20 heavy (non-hydrogen) atoms. The van der Waals surface area contributed by atoms with Crippen LogP contribution in [0.25, 0.3) is 5.69 Å². The predicted molar refractivity (Wildman–Crippen MR) is 80.6 cm³/mol. The van der Waals surface area contributed by atoms with E-state index in [1.165, 1.54) is 16.8 Å². The molecule has 0 saturated heterocycles. The van der Waals surface area contributed by atoms with Crippen molar-refractivity contribution < 1.29 is 4.39 Å². The van der Waals surface area contributed by atoms with E-state index in [1.54, 1.807) is 6.20 Å². The molecule has 0 spiro atoms. The highest BCUT2D eigenvalue weighted by molar-refractivity contribution is 9.10. The number of hydrogen-bond acceptors (Lipinski definition) is 3. The lowest BCUT2D eigenvalue weighted by atomic mass is 10.2. The Labute approximate surface area is 130 Å². The van der Waals surface area contributed by atoms with Gasteiger partial charge in [0.1, 0.15) is 5.82 Å². The zero-order chi connectivity index (χ0) is 14.7. The van der Waals surface area contributed by atoms with Crippen LogP contribution in [-0.4, -0.2) is 21.5 Å². The van der Waals surface area contributed by atoms with E-state index in [9.17, 15) is 4.39 Å². The summed E-state index contributed by atoms with van der Waals surface area (Å²) in [4.78, 5) is 0. The van der Waals surface area contributed by atoms with Crippen molar-refractivity contribution in [3.63, 3.8) is 0 Å². The first-order chi connectivity index (χ1) is 9.47. The third-order valence-corrected chi connectivity index (χ3v) is 3.50. The molecule has 0 aliphatic rings. The second-order valence-corrected chi connectivity index (χ2v) is 6.16.